The molecule has 0 aromatic rings. The molecule has 0 saturated heterocycles. The van der Waals surface area contributed by atoms with Crippen molar-refractivity contribution in [2.24, 2.45) is 5.92 Å². The molecule has 0 aromatic heterocycles. The van der Waals surface area contributed by atoms with E-state index in [2.05, 4.69) is 31.4 Å². The highest BCUT2D eigenvalue weighted by molar-refractivity contribution is 5.77. The van der Waals surface area contributed by atoms with Crippen LogP contribution in [0.15, 0.2) is 0 Å². The van der Waals surface area contributed by atoms with E-state index in [-0.39, 0.29) is 30.5 Å². The number of rotatable bonds is 21. The quantitative estimate of drug-likeness (QED) is 0.253. The van der Waals surface area contributed by atoms with Gasteiger partial charge in [0, 0.05) is 18.0 Å². The summed E-state index contributed by atoms with van der Waals surface area (Å²) in [5.41, 5.74) is -0.845. The van der Waals surface area contributed by atoms with Crippen molar-refractivity contribution in [3.63, 3.8) is 0 Å². The molecule has 32 heavy (non-hydrogen) atoms. The Hall–Kier alpha value is -0.800. The lowest BCUT2D eigenvalue weighted by Crippen LogP contribution is -2.45. The maximum Gasteiger partial charge on any atom is 0.222 e. The van der Waals surface area contributed by atoms with E-state index in [0.717, 1.165) is 6.54 Å². The Balaban J connectivity index is 3.57. The van der Waals surface area contributed by atoms with Crippen molar-refractivity contribution in [1.82, 2.24) is 10.6 Å². The normalized spacial score (nSPS) is 13.5. The largest absolute Gasteiger partial charge is 0.378 e. The summed E-state index contributed by atoms with van der Waals surface area (Å²) >= 11 is 0. The summed E-state index contributed by atoms with van der Waals surface area (Å²) in [6.45, 7) is 17.6. The van der Waals surface area contributed by atoms with Crippen LogP contribution in [0.5, 0.6) is 0 Å². The van der Waals surface area contributed by atoms with E-state index in [1.807, 2.05) is 0 Å². The van der Waals surface area contributed by atoms with Gasteiger partial charge in [-0.1, -0.05) is 33.6 Å². The molecule has 1 amide bonds. The molecule has 2 N–H and O–H groups in total. The molecule has 8 heteroatoms. The van der Waals surface area contributed by atoms with E-state index in [9.17, 15) is 9.18 Å². The molecule has 0 rings (SSSR count). The van der Waals surface area contributed by atoms with Gasteiger partial charge >= 0.3 is 0 Å². The first-order valence-corrected chi connectivity index (χ1v) is 12.1. The number of carbonyl (C=O) groups excluding carboxylic acids is 1. The average molecular weight is 465 g/mol. The molecule has 0 aromatic carbocycles. The van der Waals surface area contributed by atoms with Crippen molar-refractivity contribution in [2.75, 3.05) is 59.3 Å². The summed E-state index contributed by atoms with van der Waals surface area (Å²) < 4.78 is 36.4. The molecule has 0 bridgehead atoms. The number of nitrogens with one attached hydrogen (secondary N) is 2. The SMILES string of the molecule is CCCCC(C)(C)NCCOCCOCCOCCOC(C)(C)C(F)CNC(=O)C(C)C. The summed E-state index contributed by atoms with van der Waals surface area (Å²) in [6, 6.07) is 0. The molecule has 0 radical (unpaired) electrons. The Bertz CT molecular complexity index is 475. The number of unbranched alkanes of at least 4 members (excludes halogenated alkanes) is 1. The Morgan fingerprint density at radius 3 is 1.97 bits per heavy atom. The number of ether oxygens (including phenoxy) is 4. The summed E-state index contributed by atoms with van der Waals surface area (Å²) in [6.07, 6.45) is 2.31. The van der Waals surface area contributed by atoms with Crippen LogP contribution in [0.2, 0.25) is 0 Å². The summed E-state index contributed by atoms with van der Waals surface area (Å²) in [4.78, 5) is 11.6. The number of hydrogen-bond donors (Lipinski definition) is 2. The molecule has 1 atom stereocenters. The van der Waals surface area contributed by atoms with Gasteiger partial charge in [-0.05, 0) is 34.1 Å². The van der Waals surface area contributed by atoms with Crippen LogP contribution in [0.4, 0.5) is 4.39 Å². The van der Waals surface area contributed by atoms with E-state index in [1.54, 1.807) is 27.7 Å². The summed E-state index contributed by atoms with van der Waals surface area (Å²) in [7, 11) is 0. The number of alkyl halides is 1. The zero-order chi connectivity index (χ0) is 24.5. The third-order valence-corrected chi connectivity index (χ3v) is 5.19. The lowest BCUT2D eigenvalue weighted by atomic mass is 9.97. The molecular formula is C24H49FN2O5. The average Bonchev–Trinajstić information content (AvgIpc) is 2.73. The zero-order valence-electron chi connectivity index (χ0n) is 21.6. The van der Waals surface area contributed by atoms with Crippen molar-refractivity contribution in [2.45, 2.75) is 85.0 Å². The lowest BCUT2D eigenvalue weighted by molar-refractivity contribution is -0.125. The molecule has 0 aliphatic heterocycles. The van der Waals surface area contributed by atoms with Gasteiger partial charge in [-0.25, -0.2) is 4.39 Å². The molecule has 0 heterocycles. The van der Waals surface area contributed by atoms with E-state index < -0.39 is 11.8 Å². The fourth-order valence-electron chi connectivity index (χ4n) is 2.80. The second-order valence-corrected chi connectivity index (χ2v) is 9.57. The smallest absolute Gasteiger partial charge is 0.222 e. The van der Waals surface area contributed by atoms with Crippen LogP contribution < -0.4 is 10.6 Å². The van der Waals surface area contributed by atoms with Gasteiger partial charge in [-0.15, -0.1) is 0 Å². The summed E-state index contributed by atoms with van der Waals surface area (Å²) in [5, 5.41) is 6.11. The number of carbonyl (C=O) groups is 1. The Kier molecular flexibility index (Phi) is 17.2. The van der Waals surface area contributed by atoms with Crippen LogP contribution in [0.25, 0.3) is 0 Å². The molecular weight excluding hydrogens is 415 g/mol. The molecule has 0 saturated carbocycles. The first-order valence-electron chi connectivity index (χ1n) is 12.1. The predicted molar refractivity (Wildman–Crippen MR) is 127 cm³/mol. The van der Waals surface area contributed by atoms with Crippen LogP contribution in [0, 0.1) is 5.92 Å². The maximum absolute atomic E-state index is 14.3. The van der Waals surface area contributed by atoms with Crippen molar-refractivity contribution in [1.29, 1.82) is 0 Å². The van der Waals surface area contributed by atoms with Gasteiger partial charge in [0.1, 0.15) is 6.17 Å². The van der Waals surface area contributed by atoms with Gasteiger partial charge in [-0.3, -0.25) is 4.79 Å². The second kappa shape index (κ2) is 17.6. The van der Waals surface area contributed by atoms with Crippen LogP contribution in [-0.4, -0.2) is 82.6 Å². The van der Waals surface area contributed by atoms with E-state index in [0.29, 0.717) is 39.6 Å². The molecule has 0 fully saturated rings. The second-order valence-electron chi connectivity index (χ2n) is 9.57. The van der Waals surface area contributed by atoms with Crippen molar-refractivity contribution in [3.8, 4) is 0 Å². The third-order valence-electron chi connectivity index (χ3n) is 5.19. The fourth-order valence-corrected chi connectivity index (χ4v) is 2.80. The van der Waals surface area contributed by atoms with Crippen molar-refractivity contribution < 1.29 is 28.1 Å². The standard InChI is InChI=1S/C24H49FN2O5/c1-8-9-10-23(4,5)27-11-12-29-13-14-30-15-16-31-17-18-32-24(6,7)21(25)19-26-22(28)20(2)3/h20-21,27H,8-19H2,1-7H3,(H,26,28). The molecule has 0 aliphatic rings. The van der Waals surface area contributed by atoms with E-state index in [1.165, 1.54) is 19.3 Å². The monoisotopic (exact) mass is 464 g/mol. The lowest BCUT2D eigenvalue weighted by Gasteiger charge is -2.29. The Labute approximate surface area is 195 Å². The predicted octanol–water partition coefficient (Wildman–Crippen LogP) is 3.50. The van der Waals surface area contributed by atoms with Gasteiger partial charge in [-0.2, -0.15) is 0 Å². The van der Waals surface area contributed by atoms with Crippen molar-refractivity contribution >= 4 is 5.91 Å². The Morgan fingerprint density at radius 1 is 0.906 bits per heavy atom. The van der Waals surface area contributed by atoms with Crippen LogP contribution in [0.1, 0.15) is 67.7 Å². The van der Waals surface area contributed by atoms with E-state index >= 15 is 0 Å². The molecule has 7 nitrogen and oxygen atoms in total. The number of amides is 1. The van der Waals surface area contributed by atoms with Gasteiger partial charge in [0.15, 0.2) is 0 Å². The molecule has 0 aliphatic carbocycles. The van der Waals surface area contributed by atoms with Gasteiger partial charge in [0.05, 0.1) is 58.4 Å². The summed E-state index contributed by atoms with van der Waals surface area (Å²) in [5.74, 6) is -0.335. The number of hydrogen-bond acceptors (Lipinski definition) is 6. The minimum absolute atomic E-state index is 0.0620. The first-order chi connectivity index (χ1) is 15.0. The van der Waals surface area contributed by atoms with Gasteiger partial charge < -0.3 is 29.6 Å². The molecule has 192 valence electrons. The van der Waals surface area contributed by atoms with Crippen LogP contribution >= 0.6 is 0 Å². The van der Waals surface area contributed by atoms with Crippen LogP contribution in [0.3, 0.4) is 0 Å². The van der Waals surface area contributed by atoms with Gasteiger partial charge in [0.25, 0.3) is 0 Å². The highest BCUT2D eigenvalue weighted by Crippen LogP contribution is 2.17. The Morgan fingerprint density at radius 2 is 1.44 bits per heavy atom. The third kappa shape index (κ3) is 16.8. The van der Waals surface area contributed by atoms with Gasteiger partial charge in [0.2, 0.25) is 5.91 Å². The van der Waals surface area contributed by atoms with E-state index in [4.69, 9.17) is 18.9 Å². The maximum atomic E-state index is 14.3. The molecule has 0 spiro atoms. The van der Waals surface area contributed by atoms with Crippen LogP contribution in [-0.2, 0) is 23.7 Å². The highest BCUT2D eigenvalue weighted by atomic mass is 19.1. The zero-order valence-corrected chi connectivity index (χ0v) is 21.6. The van der Waals surface area contributed by atoms with Crippen molar-refractivity contribution in [3.05, 3.63) is 0 Å². The molecule has 1 unspecified atom stereocenters. The number of halogens is 1. The minimum Gasteiger partial charge on any atom is -0.378 e. The minimum atomic E-state index is -1.30. The topological polar surface area (TPSA) is 78.1 Å². The fraction of sp³-hybridized carbons (Fsp3) is 0.958. The first kappa shape index (κ1) is 31.2. The highest BCUT2D eigenvalue weighted by Gasteiger charge is 2.30.